The molecule has 11 N–H and O–H groups in total. The summed E-state index contributed by atoms with van der Waals surface area (Å²) in [7, 11) is 0. The van der Waals surface area contributed by atoms with Crippen molar-refractivity contribution in [1.29, 1.82) is 0 Å². The minimum absolute atomic E-state index is 0.211. The Bertz CT molecular complexity index is 826. The Kier molecular flexibility index (Phi) is 16.2. The SMILES string of the molecule is CSCCC(NC(=O)C(CCCCN)NC(=O)C(N)Cc1cnc[nH]1)C(=O)NC(CCCCN)C(=O)O. The summed E-state index contributed by atoms with van der Waals surface area (Å²) in [6.07, 6.45) is 8.35. The number of aromatic nitrogens is 2. The van der Waals surface area contributed by atoms with Crippen LogP contribution in [-0.2, 0) is 25.6 Å². The second-order valence-corrected chi connectivity index (χ2v) is 9.75. The minimum Gasteiger partial charge on any atom is -0.480 e. The number of carboxylic acids is 1. The van der Waals surface area contributed by atoms with Crippen LogP contribution in [0.25, 0.3) is 0 Å². The number of aliphatic carboxylic acids is 1. The number of unbranched alkanes of at least 4 members (excludes halogenated alkanes) is 2. The molecule has 4 unspecified atom stereocenters. The summed E-state index contributed by atoms with van der Waals surface area (Å²) >= 11 is 1.49. The second-order valence-electron chi connectivity index (χ2n) is 8.76. The quantitative estimate of drug-likeness (QED) is 0.0919. The number of nitrogens with two attached hydrogens (primary N) is 3. The number of nitrogens with one attached hydrogen (secondary N) is 4. The molecule has 210 valence electrons. The smallest absolute Gasteiger partial charge is 0.326 e. The molecule has 14 heteroatoms. The van der Waals surface area contributed by atoms with Crippen molar-refractivity contribution in [3.05, 3.63) is 18.2 Å². The molecule has 0 spiro atoms. The van der Waals surface area contributed by atoms with Crippen LogP contribution in [0, 0.1) is 0 Å². The maximum Gasteiger partial charge on any atom is 0.326 e. The first-order valence-corrected chi connectivity index (χ1v) is 13.9. The molecule has 1 aromatic rings. The maximum absolute atomic E-state index is 13.2. The summed E-state index contributed by atoms with van der Waals surface area (Å²) in [5.41, 5.74) is 17.8. The summed E-state index contributed by atoms with van der Waals surface area (Å²) < 4.78 is 0. The van der Waals surface area contributed by atoms with Gasteiger partial charge in [0.15, 0.2) is 0 Å². The van der Waals surface area contributed by atoms with E-state index in [1.165, 1.54) is 18.1 Å². The molecule has 1 heterocycles. The molecule has 3 amide bonds. The van der Waals surface area contributed by atoms with E-state index in [2.05, 4.69) is 25.9 Å². The van der Waals surface area contributed by atoms with E-state index in [-0.39, 0.29) is 19.3 Å². The van der Waals surface area contributed by atoms with Gasteiger partial charge in [-0.3, -0.25) is 14.4 Å². The Morgan fingerprint density at radius 2 is 1.46 bits per heavy atom. The molecule has 37 heavy (non-hydrogen) atoms. The van der Waals surface area contributed by atoms with E-state index in [0.29, 0.717) is 56.6 Å². The van der Waals surface area contributed by atoms with Crippen molar-refractivity contribution >= 4 is 35.5 Å². The summed E-state index contributed by atoms with van der Waals surface area (Å²) in [5, 5.41) is 17.4. The summed E-state index contributed by atoms with van der Waals surface area (Å²) in [6, 6.07) is -3.90. The minimum atomic E-state index is -1.15. The lowest BCUT2D eigenvalue weighted by atomic mass is 10.1. The number of carbonyl (C=O) groups excluding carboxylic acids is 3. The summed E-state index contributed by atoms with van der Waals surface area (Å²) in [5.74, 6) is -2.25. The zero-order valence-corrected chi connectivity index (χ0v) is 22.2. The van der Waals surface area contributed by atoms with E-state index in [1.54, 1.807) is 6.20 Å². The van der Waals surface area contributed by atoms with Crippen LogP contribution in [0.4, 0.5) is 0 Å². The Hall–Kier alpha value is -2.68. The van der Waals surface area contributed by atoms with E-state index < -0.39 is 47.9 Å². The number of carbonyl (C=O) groups is 4. The van der Waals surface area contributed by atoms with Gasteiger partial charge >= 0.3 is 5.97 Å². The monoisotopic (exact) mass is 542 g/mol. The van der Waals surface area contributed by atoms with Gasteiger partial charge in [0.1, 0.15) is 18.1 Å². The lowest BCUT2D eigenvalue weighted by Crippen LogP contribution is -2.57. The largest absolute Gasteiger partial charge is 0.480 e. The molecule has 0 aliphatic heterocycles. The number of rotatable bonds is 20. The highest BCUT2D eigenvalue weighted by Gasteiger charge is 2.30. The highest BCUT2D eigenvalue weighted by atomic mass is 32.2. The van der Waals surface area contributed by atoms with Crippen molar-refractivity contribution in [2.24, 2.45) is 17.2 Å². The first-order chi connectivity index (χ1) is 17.7. The van der Waals surface area contributed by atoms with Gasteiger partial charge in [-0.2, -0.15) is 11.8 Å². The van der Waals surface area contributed by atoms with Crippen LogP contribution in [0.5, 0.6) is 0 Å². The van der Waals surface area contributed by atoms with Gasteiger partial charge in [-0.25, -0.2) is 9.78 Å². The second kappa shape index (κ2) is 18.5. The first kappa shape index (κ1) is 32.3. The Morgan fingerprint density at radius 3 is 1.97 bits per heavy atom. The van der Waals surface area contributed by atoms with Crippen molar-refractivity contribution in [1.82, 2.24) is 25.9 Å². The number of nitrogens with zero attached hydrogens (tertiary/aromatic N) is 1. The van der Waals surface area contributed by atoms with E-state index in [4.69, 9.17) is 17.2 Å². The van der Waals surface area contributed by atoms with Crippen LogP contribution in [0.2, 0.25) is 0 Å². The van der Waals surface area contributed by atoms with Crippen molar-refractivity contribution < 1.29 is 24.3 Å². The Balaban J connectivity index is 2.90. The van der Waals surface area contributed by atoms with Crippen LogP contribution >= 0.6 is 11.8 Å². The van der Waals surface area contributed by atoms with E-state index >= 15 is 0 Å². The molecule has 0 radical (unpaired) electrons. The highest BCUT2D eigenvalue weighted by Crippen LogP contribution is 2.08. The summed E-state index contributed by atoms with van der Waals surface area (Å²) in [6.45, 7) is 0.858. The lowest BCUT2D eigenvalue weighted by Gasteiger charge is -2.25. The zero-order valence-electron chi connectivity index (χ0n) is 21.4. The van der Waals surface area contributed by atoms with Crippen molar-refractivity contribution in [2.45, 2.75) is 75.5 Å². The first-order valence-electron chi connectivity index (χ1n) is 12.5. The molecule has 0 saturated carbocycles. The van der Waals surface area contributed by atoms with Crippen molar-refractivity contribution in [3.63, 3.8) is 0 Å². The average Bonchev–Trinajstić information content (AvgIpc) is 3.38. The number of H-pyrrole nitrogens is 1. The van der Waals surface area contributed by atoms with Gasteiger partial charge in [-0.05, 0) is 70.0 Å². The molecule has 13 nitrogen and oxygen atoms in total. The topological polar surface area (TPSA) is 231 Å². The molecule has 4 atom stereocenters. The van der Waals surface area contributed by atoms with Gasteiger partial charge in [0, 0.05) is 18.3 Å². The summed E-state index contributed by atoms with van der Waals surface area (Å²) in [4.78, 5) is 57.3. The van der Waals surface area contributed by atoms with E-state index in [9.17, 15) is 24.3 Å². The van der Waals surface area contributed by atoms with Crippen molar-refractivity contribution in [2.75, 3.05) is 25.1 Å². The standard InChI is InChI=1S/C23H42N8O5S/c1-37-11-8-18(22(34)31-19(23(35)36)7-3-5-10-25)30-21(33)17(6-2-4-9-24)29-20(32)16(26)12-15-13-27-14-28-15/h13-14,16-19H,2-12,24-26H2,1H3,(H,27,28)(H,29,32)(H,30,33)(H,31,34)(H,35,36). The molecule has 0 aliphatic rings. The fourth-order valence-electron chi connectivity index (χ4n) is 3.57. The Morgan fingerprint density at radius 1 is 0.919 bits per heavy atom. The molecule has 1 aromatic heterocycles. The lowest BCUT2D eigenvalue weighted by molar-refractivity contribution is -0.142. The molecular weight excluding hydrogens is 500 g/mol. The van der Waals surface area contributed by atoms with Gasteiger partial charge in [-0.15, -0.1) is 0 Å². The normalized spacial score (nSPS) is 14.3. The third kappa shape index (κ3) is 12.9. The predicted octanol–water partition coefficient (Wildman–Crippen LogP) is -1.17. The molecule has 1 rings (SSSR count). The number of hydrogen-bond acceptors (Lipinski definition) is 9. The Labute approximate surface area is 221 Å². The highest BCUT2D eigenvalue weighted by molar-refractivity contribution is 7.98. The molecule has 0 aliphatic carbocycles. The van der Waals surface area contributed by atoms with Crippen LogP contribution in [0.15, 0.2) is 12.5 Å². The zero-order chi connectivity index (χ0) is 27.6. The van der Waals surface area contributed by atoms with Crippen LogP contribution in [0.3, 0.4) is 0 Å². The average molecular weight is 543 g/mol. The van der Waals surface area contributed by atoms with Gasteiger partial charge in [0.05, 0.1) is 12.4 Å². The predicted molar refractivity (Wildman–Crippen MR) is 143 cm³/mol. The van der Waals surface area contributed by atoms with Crippen molar-refractivity contribution in [3.8, 4) is 0 Å². The number of carboxylic acid groups (broad SMARTS) is 1. The van der Waals surface area contributed by atoms with Gasteiger partial charge < -0.3 is 43.2 Å². The third-order valence-electron chi connectivity index (χ3n) is 5.72. The maximum atomic E-state index is 13.2. The molecular formula is C23H42N8O5S. The molecule has 0 aromatic carbocycles. The number of amides is 3. The van der Waals surface area contributed by atoms with Crippen LogP contribution in [-0.4, -0.2) is 88.0 Å². The van der Waals surface area contributed by atoms with E-state index in [0.717, 1.165) is 0 Å². The number of thioether (sulfide) groups is 1. The number of imidazole rings is 1. The van der Waals surface area contributed by atoms with Gasteiger partial charge in [0.25, 0.3) is 0 Å². The fraction of sp³-hybridized carbons (Fsp3) is 0.696. The molecule has 0 bridgehead atoms. The molecule has 0 fully saturated rings. The number of aromatic amines is 1. The van der Waals surface area contributed by atoms with Gasteiger partial charge in [0.2, 0.25) is 17.7 Å². The third-order valence-corrected chi connectivity index (χ3v) is 6.36. The van der Waals surface area contributed by atoms with Gasteiger partial charge in [-0.1, -0.05) is 0 Å². The number of hydrogen-bond donors (Lipinski definition) is 8. The fourth-order valence-corrected chi connectivity index (χ4v) is 4.04. The van der Waals surface area contributed by atoms with E-state index in [1.807, 2.05) is 6.26 Å². The van der Waals surface area contributed by atoms with Crippen LogP contribution in [0.1, 0.15) is 50.6 Å². The van der Waals surface area contributed by atoms with Crippen LogP contribution < -0.4 is 33.2 Å². The molecule has 0 saturated heterocycles.